The van der Waals surface area contributed by atoms with Crippen molar-refractivity contribution in [2.45, 2.75) is 13.8 Å². The van der Waals surface area contributed by atoms with Crippen LogP contribution in [0.5, 0.6) is 0 Å². The molecule has 0 radical (unpaired) electrons. The van der Waals surface area contributed by atoms with Crippen molar-refractivity contribution in [2.75, 3.05) is 6.54 Å². The predicted molar refractivity (Wildman–Crippen MR) is 78.6 cm³/mol. The van der Waals surface area contributed by atoms with E-state index in [1.807, 2.05) is 38.1 Å². The number of hydrogen-bond acceptors (Lipinski definition) is 1. The Kier molecular flexibility index (Phi) is 5.48. The van der Waals surface area contributed by atoms with Crippen molar-refractivity contribution < 1.29 is 4.79 Å². The molecule has 16 heavy (non-hydrogen) atoms. The molecule has 0 aliphatic carbocycles. The largest absolute Gasteiger partial charge is 0.349 e. The van der Waals surface area contributed by atoms with E-state index in [1.54, 1.807) is 0 Å². The highest BCUT2D eigenvalue weighted by Gasteiger charge is 2.08. The van der Waals surface area contributed by atoms with Gasteiger partial charge in [-0.3, -0.25) is 4.79 Å². The van der Waals surface area contributed by atoms with Gasteiger partial charge in [-0.15, -0.1) is 0 Å². The summed E-state index contributed by atoms with van der Waals surface area (Å²) in [5, 5.41) is 2.85. The molecule has 0 aliphatic rings. The second-order valence-electron chi connectivity index (χ2n) is 3.62. The van der Waals surface area contributed by atoms with Gasteiger partial charge in [0, 0.05) is 14.6 Å². The lowest BCUT2D eigenvalue weighted by Crippen LogP contribution is -2.23. The molecule has 1 amide bonds. The normalized spacial score (nSPS) is 9.75. The second kappa shape index (κ2) is 6.39. The van der Waals surface area contributed by atoms with Crippen molar-refractivity contribution in [3.63, 3.8) is 0 Å². The van der Waals surface area contributed by atoms with Crippen LogP contribution in [0, 0.1) is 3.57 Å². The van der Waals surface area contributed by atoms with Crippen LogP contribution in [0.3, 0.4) is 0 Å². The number of carbonyl (C=O) groups is 1. The zero-order valence-corrected chi connectivity index (χ0v) is 12.9. The van der Waals surface area contributed by atoms with Crippen LogP contribution in [-0.2, 0) is 0 Å². The Labute approximate surface area is 118 Å². The average molecular weight is 394 g/mol. The molecule has 0 saturated heterocycles. The van der Waals surface area contributed by atoms with E-state index >= 15 is 0 Å². The first-order valence-corrected chi connectivity index (χ1v) is 6.74. The topological polar surface area (TPSA) is 29.1 Å². The Bertz CT molecular complexity index is 425. The summed E-state index contributed by atoms with van der Waals surface area (Å²) < 4.78 is 1.87. The summed E-state index contributed by atoms with van der Waals surface area (Å²) in [6, 6.07) is 5.71. The predicted octanol–water partition coefficient (Wildman–Crippen LogP) is 3.75. The number of carbonyl (C=O) groups excluding carboxylic acids is 1. The molecule has 2 nitrogen and oxygen atoms in total. The minimum absolute atomic E-state index is 0.0529. The van der Waals surface area contributed by atoms with Gasteiger partial charge >= 0.3 is 0 Å². The summed E-state index contributed by atoms with van der Waals surface area (Å²) in [5.74, 6) is -0.0529. The van der Waals surface area contributed by atoms with Crippen LogP contribution in [0.2, 0.25) is 0 Å². The first kappa shape index (κ1) is 13.7. The second-order valence-corrected chi connectivity index (χ2v) is 5.72. The highest BCUT2D eigenvalue weighted by atomic mass is 127. The molecule has 86 valence electrons. The first-order chi connectivity index (χ1) is 7.50. The van der Waals surface area contributed by atoms with Gasteiger partial charge in [-0.25, -0.2) is 0 Å². The fraction of sp³-hybridized carbons (Fsp3) is 0.250. The quantitative estimate of drug-likeness (QED) is 0.615. The zero-order chi connectivity index (χ0) is 12.1. The summed E-state index contributed by atoms with van der Waals surface area (Å²) in [7, 11) is 0. The summed E-state index contributed by atoms with van der Waals surface area (Å²) in [4.78, 5) is 11.8. The fourth-order valence-corrected chi connectivity index (χ4v) is 2.03. The van der Waals surface area contributed by atoms with Gasteiger partial charge in [-0.05, 0) is 70.6 Å². The maximum atomic E-state index is 11.8. The third kappa shape index (κ3) is 4.25. The molecule has 0 unspecified atom stereocenters. The zero-order valence-electron chi connectivity index (χ0n) is 9.18. The maximum absolute atomic E-state index is 11.8. The van der Waals surface area contributed by atoms with E-state index in [1.165, 1.54) is 5.57 Å². The number of nitrogens with one attached hydrogen (secondary N) is 1. The summed E-state index contributed by atoms with van der Waals surface area (Å²) >= 11 is 5.56. The highest BCUT2D eigenvalue weighted by Crippen LogP contribution is 2.19. The molecule has 0 heterocycles. The van der Waals surface area contributed by atoms with Crippen LogP contribution in [0.1, 0.15) is 24.2 Å². The van der Waals surface area contributed by atoms with Gasteiger partial charge in [0.05, 0.1) is 5.56 Å². The Morgan fingerprint density at radius 1 is 1.50 bits per heavy atom. The lowest BCUT2D eigenvalue weighted by molar-refractivity contribution is 0.0957. The van der Waals surface area contributed by atoms with E-state index < -0.39 is 0 Å². The van der Waals surface area contributed by atoms with Crippen LogP contribution < -0.4 is 5.32 Å². The lowest BCUT2D eigenvalue weighted by Gasteiger charge is -2.05. The third-order valence-corrected chi connectivity index (χ3v) is 3.31. The molecular weight excluding hydrogens is 381 g/mol. The van der Waals surface area contributed by atoms with Gasteiger partial charge in [-0.2, -0.15) is 0 Å². The van der Waals surface area contributed by atoms with Gasteiger partial charge in [0.25, 0.3) is 5.91 Å². The van der Waals surface area contributed by atoms with Gasteiger partial charge < -0.3 is 5.32 Å². The van der Waals surface area contributed by atoms with Crippen molar-refractivity contribution in [2.24, 2.45) is 0 Å². The number of benzene rings is 1. The molecule has 0 fully saturated rings. The van der Waals surface area contributed by atoms with E-state index in [4.69, 9.17) is 0 Å². The van der Waals surface area contributed by atoms with Crippen LogP contribution in [0.4, 0.5) is 0 Å². The monoisotopic (exact) mass is 393 g/mol. The number of allylic oxidation sites excluding steroid dienone is 1. The van der Waals surface area contributed by atoms with Gasteiger partial charge in [0.1, 0.15) is 0 Å². The van der Waals surface area contributed by atoms with Crippen molar-refractivity contribution in [1.82, 2.24) is 5.32 Å². The van der Waals surface area contributed by atoms with Crippen LogP contribution in [-0.4, -0.2) is 12.5 Å². The van der Waals surface area contributed by atoms with E-state index in [2.05, 4.69) is 43.8 Å². The average Bonchev–Trinajstić information content (AvgIpc) is 2.21. The molecule has 1 rings (SSSR count). The number of rotatable bonds is 3. The number of amides is 1. The molecule has 0 aromatic heterocycles. The van der Waals surface area contributed by atoms with Gasteiger partial charge in [-0.1, -0.05) is 11.6 Å². The molecule has 0 saturated carbocycles. The van der Waals surface area contributed by atoms with Gasteiger partial charge in [0.2, 0.25) is 0 Å². The van der Waals surface area contributed by atoms with E-state index in [0.717, 1.165) is 8.04 Å². The Balaban J connectivity index is 2.73. The lowest BCUT2D eigenvalue weighted by atomic mass is 10.2. The first-order valence-electron chi connectivity index (χ1n) is 4.87. The van der Waals surface area contributed by atoms with Crippen molar-refractivity contribution in [3.8, 4) is 0 Å². The van der Waals surface area contributed by atoms with Crippen molar-refractivity contribution >= 4 is 44.4 Å². The van der Waals surface area contributed by atoms with E-state index in [0.29, 0.717) is 12.1 Å². The van der Waals surface area contributed by atoms with Crippen molar-refractivity contribution in [3.05, 3.63) is 43.5 Å². The minimum atomic E-state index is -0.0529. The Hall–Kier alpha value is -0.360. The minimum Gasteiger partial charge on any atom is -0.349 e. The summed E-state index contributed by atoms with van der Waals surface area (Å²) in [5.41, 5.74) is 1.87. The molecule has 1 aromatic carbocycles. The molecule has 0 spiro atoms. The molecule has 4 heteroatoms. The molecule has 1 N–H and O–H groups in total. The van der Waals surface area contributed by atoms with Crippen LogP contribution >= 0.6 is 38.5 Å². The number of halogens is 2. The summed E-state index contributed by atoms with van der Waals surface area (Å²) in [6.07, 6.45) is 1.99. The molecular formula is C12H13BrINO. The standard InChI is InChI=1S/C12H13BrINO/c1-8(2)5-6-15-12(16)10-7-9(14)3-4-11(10)13/h3-5,7H,6H2,1-2H3,(H,15,16). The van der Waals surface area contributed by atoms with Crippen LogP contribution in [0.15, 0.2) is 34.3 Å². The Morgan fingerprint density at radius 2 is 2.19 bits per heavy atom. The van der Waals surface area contributed by atoms with Crippen LogP contribution in [0.25, 0.3) is 0 Å². The number of hydrogen-bond donors (Lipinski definition) is 1. The van der Waals surface area contributed by atoms with Gasteiger partial charge in [0.15, 0.2) is 0 Å². The third-order valence-electron chi connectivity index (χ3n) is 1.95. The Morgan fingerprint density at radius 3 is 2.81 bits per heavy atom. The highest BCUT2D eigenvalue weighted by molar-refractivity contribution is 14.1. The smallest absolute Gasteiger partial charge is 0.252 e. The fourth-order valence-electron chi connectivity index (χ4n) is 1.11. The SMILES string of the molecule is CC(C)=CCNC(=O)c1cc(I)ccc1Br. The summed E-state index contributed by atoms with van der Waals surface area (Å²) in [6.45, 7) is 4.58. The molecule has 1 aromatic rings. The van der Waals surface area contributed by atoms with E-state index in [9.17, 15) is 4.79 Å². The molecule has 0 bridgehead atoms. The van der Waals surface area contributed by atoms with E-state index in [-0.39, 0.29) is 5.91 Å². The molecule has 0 atom stereocenters. The van der Waals surface area contributed by atoms with Crippen molar-refractivity contribution in [1.29, 1.82) is 0 Å². The molecule has 0 aliphatic heterocycles. The maximum Gasteiger partial charge on any atom is 0.252 e.